The van der Waals surface area contributed by atoms with Gasteiger partial charge in [-0.05, 0) is 55.6 Å². The van der Waals surface area contributed by atoms with Gasteiger partial charge in [-0.15, -0.1) is 0 Å². The smallest absolute Gasteiger partial charge is 0.159 e. The summed E-state index contributed by atoms with van der Waals surface area (Å²) < 4.78 is 0. The lowest BCUT2D eigenvalue weighted by Crippen LogP contribution is -2.26. The molecule has 0 amide bonds. The quantitative estimate of drug-likeness (QED) is 0.669. The molecule has 0 bridgehead atoms. The van der Waals surface area contributed by atoms with Crippen molar-refractivity contribution in [2.45, 2.75) is 52.9 Å². The number of ketones is 1. The minimum atomic E-state index is 0.110. The summed E-state index contributed by atoms with van der Waals surface area (Å²) in [6.07, 6.45) is 7.37. The summed E-state index contributed by atoms with van der Waals surface area (Å²) in [6.45, 7) is 6.58. The molecular formula is C14H24OS. The van der Waals surface area contributed by atoms with Crippen molar-refractivity contribution in [2.75, 3.05) is 12.0 Å². The summed E-state index contributed by atoms with van der Waals surface area (Å²) >= 11 is 1.82. The first-order valence-corrected chi connectivity index (χ1v) is 7.61. The molecule has 0 N–H and O–H groups in total. The van der Waals surface area contributed by atoms with E-state index in [0.717, 1.165) is 37.0 Å². The SMILES string of the molecule is CSCCCC(=O)C1=C(C)CCCC1(C)C. The zero-order chi connectivity index (χ0) is 12.2. The zero-order valence-corrected chi connectivity index (χ0v) is 11.9. The van der Waals surface area contributed by atoms with Crippen molar-refractivity contribution in [3.8, 4) is 0 Å². The van der Waals surface area contributed by atoms with Crippen molar-refractivity contribution >= 4 is 17.5 Å². The van der Waals surface area contributed by atoms with E-state index < -0.39 is 0 Å². The Morgan fingerprint density at radius 2 is 2.12 bits per heavy atom. The fraction of sp³-hybridized carbons (Fsp3) is 0.786. The second-order valence-electron chi connectivity index (χ2n) is 5.41. The highest BCUT2D eigenvalue weighted by Gasteiger charge is 2.32. The number of thioether (sulfide) groups is 1. The lowest BCUT2D eigenvalue weighted by molar-refractivity contribution is -0.116. The van der Waals surface area contributed by atoms with Gasteiger partial charge in [-0.25, -0.2) is 0 Å². The molecule has 0 spiro atoms. The molecule has 1 nitrogen and oxygen atoms in total. The Kier molecular flexibility index (Phi) is 5.10. The first-order valence-electron chi connectivity index (χ1n) is 6.21. The molecule has 1 aliphatic rings. The molecule has 0 aromatic rings. The number of Topliss-reactive ketones (excluding diaryl/α,β-unsaturated/α-hetero) is 1. The third-order valence-electron chi connectivity index (χ3n) is 3.49. The van der Waals surface area contributed by atoms with Crippen molar-refractivity contribution in [1.82, 2.24) is 0 Å². The van der Waals surface area contributed by atoms with E-state index in [1.807, 2.05) is 11.8 Å². The fourth-order valence-electron chi connectivity index (χ4n) is 2.74. The number of carbonyl (C=O) groups is 1. The van der Waals surface area contributed by atoms with Crippen LogP contribution in [0.2, 0.25) is 0 Å². The highest BCUT2D eigenvalue weighted by atomic mass is 32.2. The molecule has 0 heterocycles. The van der Waals surface area contributed by atoms with Gasteiger partial charge >= 0.3 is 0 Å². The van der Waals surface area contributed by atoms with Gasteiger partial charge in [0.25, 0.3) is 0 Å². The summed E-state index contributed by atoms with van der Waals surface area (Å²) in [5, 5.41) is 0. The fourth-order valence-corrected chi connectivity index (χ4v) is 3.17. The summed E-state index contributed by atoms with van der Waals surface area (Å²) in [5.74, 6) is 1.50. The zero-order valence-electron chi connectivity index (χ0n) is 11.1. The molecule has 1 aliphatic carbocycles. The van der Waals surface area contributed by atoms with Crippen molar-refractivity contribution in [3.63, 3.8) is 0 Å². The van der Waals surface area contributed by atoms with Gasteiger partial charge in [0.1, 0.15) is 0 Å². The minimum Gasteiger partial charge on any atom is -0.295 e. The van der Waals surface area contributed by atoms with Gasteiger partial charge in [-0.2, -0.15) is 11.8 Å². The molecule has 0 aliphatic heterocycles. The van der Waals surface area contributed by atoms with Crippen molar-refractivity contribution in [3.05, 3.63) is 11.1 Å². The molecule has 1 rings (SSSR count). The van der Waals surface area contributed by atoms with Crippen LogP contribution in [0.25, 0.3) is 0 Å². The Morgan fingerprint density at radius 1 is 1.44 bits per heavy atom. The highest BCUT2D eigenvalue weighted by Crippen LogP contribution is 2.41. The van der Waals surface area contributed by atoms with E-state index >= 15 is 0 Å². The van der Waals surface area contributed by atoms with Crippen LogP contribution in [0.15, 0.2) is 11.1 Å². The van der Waals surface area contributed by atoms with Gasteiger partial charge in [-0.3, -0.25) is 4.79 Å². The van der Waals surface area contributed by atoms with E-state index in [9.17, 15) is 4.79 Å². The molecule has 0 atom stereocenters. The van der Waals surface area contributed by atoms with Crippen molar-refractivity contribution < 1.29 is 4.79 Å². The molecule has 92 valence electrons. The number of hydrogen-bond acceptors (Lipinski definition) is 2. The van der Waals surface area contributed by atoms with E-state index in [0.29, 0.717) is 5.78 Å². The van der Waals surface area contributed by atoms with Crippen LogP contribution in [0.4, 0.5) is 0 Å². The van der Waals surface area contributed by atoms with Crippen LogP contribution in [0.3, 0.4) is 0 Å². The molecule has 0 unspecified atom stereocenters. The molecular weight excluding hydrogens is 216 g/mol. The molecule has 0 saturated carbocycles. The Labute approximate surface area is 104 Å². The van der Waals surface area contributed by atoms with Crippen LogP contribution in [-0.4, -0.2) is 17.8 Å². The average Bonchev–Trinajstić information content (AvgIpc) is 2.16. The molecule has 2 heteroatoms. The van der Waals surface area contributed by atoms with Crippen LogP contribution in [0, 0.1) is 5.41 Å². The second kappa shape index (κ2) is 5.90. The molecule has 0 fully saturated rings. The number of carbonyl (C=O) groups excluding carboxylic acids is 1. The van der Waals surface area contributed by atoms with E-state index in [2.05, 4.69) is 27.0 Å². The standard InChI is InChI=1S/C14H24OS/c1-11-7-5-9-14(2,3)13(11)12(15)8-6-10-16-4/h5-10H2,1-4H3. The third kappa shape index (κ3) is 3.38. The first kappa shape index (κ1) is 13.8. The van der Waals surface area contributed by atoms with Crippen LogP contribution in [0.5, 0.6) is 0 Å². The summed E-state index contributed by atoms with van der Waals surface area (Å²) in [4.78, 5) is 12.2. The number of hydrogen-bond donors (Lipinski definition) is 0. The maximum Gasteiger partial charge on any atom is 0.159 e. The summed E-state index contributed by atoms with van der Waals surface area (Å²) in [7, 11) is 0. The van der Waals surface area contributed by atoms with E-state index in [1.165, 1.54) is 12.0 Å². The van der Waals surface area contributed by atoms with Crippen molar-refractivity contribution in [1.29, 1.82) is 0 Å². The Hall–Kier alpha value is -0.240. The normalized spacial score (nSPS) is 20.0. The topological polar surface area (TPSA) is 17.1 Å². The Morgan fingerprint density at radius 3 is 2.69 bits per heavy atom. The number of rotatable bonds is 5. The number of allylic oxidation sites excluding steroid dienone is 2. The predicted molar refractivity (Wildman–Crippen MR) is 73.0 cm³/mol. The highest BCUT2D eigenvalue weighted by molar-refractivity contribution is 7.98. The molecule has 16 heavy (non-hydrogen) atoms. The lowest BCUT2D eigenvalue weighted by Gasteiger charge is -2.33. The monoisotopic (exact) mass is 240 g/mol. The summed E-state index contributed by atoms with van der Waals surface area (Å²) in [6, 6.07) is 0. The summed E-state index contributed by atoms with van der Waals surface area (Å²) in [5.41, 5.74) is 2.59. The van der Waals surface area contributed by atoms with Crippen LogP contribution >= 0.6 is 11.8 Å². The van der Waals surface area contributed by atoms with Crippen LogP contribution < -0.4 is 0 Å². The molecule has 0 aromatic carbocycles. The minimum absolute atomic E-state index is 0.110. The van der Waals surface area contributed by atoms with Crippen LogP contribution in [0.1, 0.15) is 52.9 Å². The van der Waals surface area contributed by atoms with Gasteiger partial charge < -0.3 is 0 Å². The van der Waals surface area contributed by atoms with Gasteiger partial charge in [0.05, 0.1) is 0 Å². The van der Waals surface area contributed by atoms with E-state index in [-0.39, 0.29) is 5.41 Å². The van der Waals surface area contributed by atoms with Crippen LogP contribution in [-0.2, 0) is 4.79 Å². The van der Waals surface area contributed by atoms with Gasteiger partial charge in [-0.1, -0.05) is 19.4 Å². The predicted octanol–water partition coefficient (Wildman–Crippen LogP) is 4.23. The maximum atomic E-state index is 12.2. The van der Waals surface area contributed by atoms with Gasteiger partial charge in [0.15, 0.2) is 5.78 Å². The van der Waals surface area contributed by atoms with Gasteiger partial charge in [0, 0.05) is 6.42 Å². The Bertz CT molecular complexity index is 289. The largest absolute Gasteiger partial charge is 0.295 e. The first-order chi connectivity index (χ1) is 7.49. The second-order valence-corrected chi connectivity index (χ2v) is 6.40. The van der Waals surface area contributed by atoms with E-state index in [1.54, 1.807) is 0 Å². The maximum absolute atomic E-state index is 12.2. The third-order valence-corrected chi connectivity index (χ3v) is 4.19. The Balaban J connectivity index is 2.71. The molecule has 0 aromatic heterocycles. The van der Waals surface area contributed by atoms with Gasteiger partial charge in [0.2, 0.25) is 0 Å². The van der Waals surface area contributed by atoms with E-state index in [4.69, 9.17) is 0 Å². The molecule has 0 radical (unpaired) electrons. The molecule has 0 saturated heterocycles. The van der Waals surface area contributed by atoms with Crippen molar-refractivity contribution in [2.24, 2.45) is 5.41 Å². The lowest BCUT2D eigenvalue weighted by atomic mass is 9.70. The average molecular weight is 240 g/mol.